The molecule has 0 aliphatic heterocycles. The Morgan fingerprint density at radius 2 is 1.94 bits per heavy atom. The second-order valence-corrected chi connectivity index (χ2v) is 5.25. The molecular weight excluding hydrogens is 204 g/mol. The van der Waals surface area contributed by atoms with Crippen molar-refractivity contribution in [3.8, 4) is 0 Å². The third kappa shape index (κ3) is 2.60. The zero-order valence-corrected chi connectivity index (χ0v) is 10.5. The fourth-order valence-electron chi connectivity index (χ4n) is 1.51. The number of rotatable bonds is 1. The first-order chi connectivity index (χ1) is 7.15. The first-order valence-corrected chi connectivity index (χ1v) is 5.30. The normalized spacial score (nSPS) is 25.3. The van der Waals surface area contributed by atoms with Crippen molar-refractivity contribution in [2.24, 2.45) is 5.41 Å². The third-order valence-corrected chi connectivity index (χ3v) is 2.58. The van der Waals surface area contributed by atoms with Crippen LogP contribution in [0.5, 0.6) is 0 Å². The molecule has 3 nitrogen and oxygen atoms in total. The summed E-state index contributed by atoms with van der Waals surface area (Å²) in [6, 6.07) is 0. The smallest absolute Gasteiger partial charge is 0.303 e. The van der Waals surface area contributed by atoms with Crippen molar-refractivity contribution in [1.29, 1.82) is 0 Å². The summed E-state index contributed by atoms with van der Waals surface area (Å²) in [5.74, 6) is -0.636. The van der Waals surface area contributed by atoms with Gasteiger partial charge in [-0.15, -0.1) is 0 Å². The second kappa shape index (κ2) is 3.89. The molecule has 3 heteroatoms. The van der Waals surface area contributed by atoms with Gasteiger partial charge in [-0.1, -0.05) is 26.8 Å². The van der Waals surface area contributed by atoms with E-state index in [9.17, 15) is 9.59 Å². The van der Waals surface area contributed by atoms with E-state index in [1.807, 2.05) is 26.8 Å². The Kier molecular flexibility index (Phi) is 3.08. The molecule has 0 aromatic carbocycles. The third-order valence-electron chi connectivity index (χ3n) is 2.58. The predicted molar refractivity (Wildman–Crippen MR) is 61.9 cm³/mol. The summed E-state index contributed by atoms with van der Waals surface area (Å²) in [5.41, 5.74) is -0.272. The van der Waals surface area contributed by atoms with Crippen molar-refractivity contribution < 1.29 is 14.3 Å². The van der Waals surface area contributed by atoms with Crippen LogP contribution in [0, 0.1) is 5.41 Å². The van der Waals surface area contributed by atoms with Gasteiger partial charge in [0.1, 0.15) is 0 Å². The van der Waals surface area contributed by atoms with E-state index in [2.05, 4.69) is 0 Å². The molecule has 1 aliphatic carbocycles. The molecule has 1 rings (SSSR count). The van der Waals surface area contributed by atoms with E-state index in [1.165, 1.54) is 6.92 Å². The molecule has 88 valence electrons. The fourth-order valence-corrected chi connectivity index (χ4v) is 1.51. The highest BCUT2D eigenvalue weighted by atomic mass is 16.6. The molecule has 0 radical (unpaired) electrons. The molecule has 1 atom stereocenters. The topological polar surface area (TPSA) is 43.4 Å². The fraction of sp³-hybridized carbons (Fsp3) is 0.538. The van der Waals surface area contributed by atoms with Gasteiger partial charge in [0, 0.05) is 6.92 Å². The summed E-state index contributed by atoms with van der Waals surface area (Å²) in [6.07, 6.45) is 5.06. The highest BCUT2D eigenvalue weighted by molar-refractivity contribution is 6.01. The lowest BCUT2D eigenvalue weighted by molar-refractivity contribution is -0.157. The lowest BCUT2D eigenvalue weighted by Gasteiger charge is -2.29. The number of esters is 1. The minimum atomic E-state index is -1.14. The van der Waals surface area contributed by atoms with Crippen LogP contribution >= 0.6 is 0 Å². The van der Waals surface area contributed by atoms with Gasteiger partial charge in [0.05, 0.1) is 0 Å². The Hall–Kier alpha value is -1.38. The minimum absolute atomic E-state index is 0.0796. The van der Waals surface area contributed by atoms with Crippen molar-refractivity contribution in [2.75, 3.05) is 0 Å². The SMILES string of the molecule is CC(=O)OC1(C)C=CC(C(C)(C)C)=CC1=O. The molecule has 0 N–H and O–H groups in total. The van der Waals surface area contributed by atoms with E-state index in [-0.39, 0.29) is 11.2 Å². The molecule has 0 saturated carbocycles. The molecule has 1 aliphatic rings. The van der Waals surface area contributed by atoms with Gasteiger partial charge < -0.3 is 4.74 Å². The monoisotopic (exact) mass is 222 g/mol. The summed E-state index contributed by atoms with van der Waals surface area (Å²) in [4.78, 5) is 22.8. The van der Waals surface area contributed by atoms with Crippen LogP contribution in [0.25, 0.3) is 0 Å². The van der Waals surface area contributed by atoms with Gasteiger partial charge >= 0.3 is 5.97 Å². The van der Waals surface area contributed by atoms with Gasteiger partial charge in [-0.3, -0.25) is 9.59 Å². The molecule has 0 heterocycles. The number of carbonyl (C=O) groups excluding carboxylic acids is 2. The zero-order valence-electron chi connectivity index (χ0n) is 10.5. The van der Waals surface area contributed by atoms with Crippen molar-refractivity contribution in [1.82, 2.24) is 0 Å². The molecule has 0 bridgehead atoms. The van der Waals surface area contributed by atoms with Crippen molar-refractivity contribution in [3.05, 3.63) is 23.8 Å². The van der Waals surface area contributed by atoms with E-state index in [4.69, 9.17) is 4.74 Å². The van der Waals surface area contributed by atoms with E-state index in [0.29, 0.717) is 0 Å². The van der Waals surface area contributed by atoms with Crippen LogP contribution in [0.3, 0.4) is 0 Å². The van der Waals surface area contributed by atoms with Crippen LogP contribution in [0.1, 0.15) is 34.6 Å². The van der Waals surface area contributed by atoms with Crippen LogP contribution in [0.2, 0.25) is 0 Å². The van der Waals surface area contributed by atoms with Crippen LogP contribution in [0.15, 0.2) is 23.8 Å². The first-order valence-electron chi connectivity index (χ1n) is 5.30. The first kappa shape index (κ1) is 12.7. The molecule has 0 spiro atoms. The molecule has 0 fully saturated rings. The molecule has 0 aromatic rings. The van der Waals surface area contributed by atoms with Gasteiger partial charge in [-0.2, -0.15) is 0 Å². The lowest BCUT2D eigenvalue weighted by Crippen LogP contribution is -2.39. The van der Waals surface area contributed by atoms with Gasteiger partial charge in [-0.05, 0) is 30.1 Å². The minimum Gasteiger partial charge on any atom is -0.447 e. The predicted octanol–water partition coefficient (Wildman–Crippen LogP) is 2.42. The zero-order chi connectivity index (χ0) is 12.6. The lowest BCUT2D eigenvalue weighted by atomic mass is 9.80. The number of ketones is 1. The largest absolute Gasteiger partial charge is 0.447 e. The average Bonchev–Trinajstić information content (AvgIpc) is 2.06. The van der Waals surface area contributed by atoms with Crippen LogP contribution in [0.4, 0.5) is 0 Å². The number of hydrogen-bond donors (Lipinski definition) is 0. The van der Waals surface area contributed by atoms with Crippen LogP contribution in [-0.4, -0.2) is 17.4 Å². The van der Waals surface area contributed by atoms with E-state index >= 15 is 0 Å². The maximum Gasteiger partial charge on any atom is 0.303 e. The van der Waals surface area contributed by atoms with Gasteiger partial charge in [0.25, 0.3) is 0 Å². The van der Waals surface area contributed by atoms with E-state index in [1.54, 1.807) is 19.1 Å². The van der Waals surface area contributed by atoms with Gasteiger partial charge in [0.15, 0.2) is 5.60 Å². The average molecular weight is 222 g/mol. The molecule has 0 aromatic heterocycles. The Morgan fingerprint density at radius 1 is 1.38 bits per heavy atom. The highest BCUT2D eigenvalue weighted by Crippen LogP contribution is 2.31. The van der Waals surface area contributed by atoms with Crippen molar-refractivity contribution >= 4 is 11.8 Å². The Morgan fingerprint density at radius 3 is 2.31 bits per heavy atom. The standard InChI is InChI=1S/C13H18O3/c1-9(14)16-13(5)7-6-10(8-11(13)15)12(2,3)4/h6-8H,1-5H3. The summed E-state index contributed by atoms with van der Waals surface area (Å²) >= 11 is 0. The maximum absolute atomic E-state index is 11.9. The van der Waals surface area contributed by atoms with Crippen LogP contribution < -0.4 is 0 Å². The van der Waals surface area contributed by atoms with Crippen molar-refractivity contribution in [2.45, 2.75) is 40.2 Å². The number of allylic oxidation sites excluding steroid dienone is 2. The molecule has 16 heavy (non-hydrogen) atoms. The van der Waals surface area contributed by atoms with Gasteiger partial charge in [-0.25, -0.2) is 0 Å². The van der Waals surface area contributed by atoms with E-state index in [0.717, 1.165) is 5.57 Å². The van der Waals surface area contributed by atoms with Crippen LogP contribution in [-0.2, 0) is 14.3 Å². The van der Waals surface area contributed by atoms with Gasteiger partial charge in [0.2, 0.25) is 5.78 Å². The summed E-state index contributed by atoms with van der Waals surface area (Å²) in [6.45, 7) is 9.00. The Balaban J connectivity index is 2.97. The molecular formula is C13H18O3. The quantitative estimate of drug-likeness (QED) is 0.640. The summed E-state index contributed by atoms with van der Waals surface area (Å²) in [7, 11) is 0. The Labute approximate surface area is 96.2 Å². The number of ether oxygens (including phenoxy) is 1. The summed E-state index contributed by atoms with van der Waals surface area (Å²) in [5, 5.41) is 0. The summed E-state index contributed by atoms with van der Waals surface area (Å²) < 4.78 is 5.03. The van der Waals surface area contributed by atoms with Crippen molar-refractivity contribution in [3.63, 3.8) is 0 Å². The molecule has 0 amide bonds. The highest BCUT2D eigenvalue weighted by Gasteiger charge is 2.36. The number of hydrogen-bond acceptors (Lipinski definition) is 3. The molecule has 1 unspecified atom stereocenters. The molecule has 0 saturated heterocycles. The Bertz CT molecular complexity index is 382. The van der Waals surface area contributed by atoms with E-state index < -0.39 is 11.6 Å². The number of carbonyl (C=O) groups is 2. The maximum atomic E-state index is 11.9. The second-order valence-electron chi connectivity index (χ2n) is 5.25.